The van der Waals surface area contributed by atoms with E-state index >= 15 is 0 Å². The summed E-state index contributed by atoms with van der Waals surface area (Å²) in [5.41, 5.74) is 0. The number of rotatable bonds is 3. The predicted octanol–water partition coefficient (Wildman–Crippen LogP) is 0.956. The van der Waals surface area contributed by atoms with Crippen molar-refractivity contribution in [3.8, 4) is 0 Å². The van der Waals surface area contributed by atoms with E-state index in [9.17, 15) is 4.79 Å². The highest BCUT2D eigenvalue weighted by Crippen LogP contribution is 2.16. The van der Waals surface area contributed by atoms with E-state index in [-0.39, 0.29) is 12.3 Å². The second-order valence-electron chi connectivity index (χ2n) is 2.66. The summed E-state index contributed by atoms with van der Waals surface area (Å²) in [5, 5.41) is 15.8. The monoisotopic (exact) mass is 170 g/mol. The summed E-state index contributed by atoms with van der Waals surface area (Å²) in [6.07, 6.45) is 0.0155. The third-order valence-electron chi connectivity index (χ3n) is 1.44. The first-order valence-corrected chi connectivity index (χ1v) is 3.61. The van der Waals surface area contributed by atoms with Gasteiger partial charge in [-0.2, -0.15) is 0 Å². The molecule has 0 saturated heterocycles. The van der Waals surface area contributed by atoms with Crippen molar-refractivity contribution < 1.29 is 14.3 Å². The molecule has 0 aliphatic carbocycles. The van der Waals surface area contributed by atoms with E-state index in [1.165, 1.54) is 0 Å². The van der Waals surface area contributed by atoms with Crippen LogP contribution in [-0.2, 0) is 4.79 Å². The zero-order chi connectivity index (χ0) is 9.14. The van der Waals surface area contributed by atoms with E-state index in [4.69, 9.17) is 9.52 Å². The maximum atomic E-state index is 10.3. The number of aryl methyl sites for hydroxylation is 1. The summed E-state index contributed by atoms with van der Waals surface area (Å²) in [7, 11) is 0. The molecule has 5 heteroatoms. The molecular formula is C7H10N2O3. The number of aromatic nitrogens is 2. The van der Waals surface area contributed by atoms with Gasteiger partial charge in [0, 0.05) is 12.8 Å². The fourth-order valence-electron chi connectivity index (χ4n) is 0.860. The zero-order valence-electron chi connectivity index (χ0n) is 6.94. The molecule has 1 N–H and O–H groups in total. The van der Waals surface area contributed by atoms with E-state index in [0.29, 0.717) is 11.8 Å². The number of hydrogen-bond donors (Lipinski definition) is 1. The number of carboxylic acid groups (broad SMARTS) is 1. The summed E-state index contributed by atoms with van der Waals surface area (Å²) in [5.74, 6) is -0.237. The lowest BCUT2D eigenvalue weighted by Crippen LogP contribution is -2.02. The quantitative estimate of drug-likeness (QED) is 0.730. The average Bonchev–Trinajstić information content (AvgIpc) is 2.34. The topological polar surface area (TPSA) is 76.2 Å². The van der Waals surface area contributed by atoms with Gasteiger partial charge in [-0.25, -0.2) is 0 Å². The molecular weight excluding hydrogens is 160 g/mol. The van der Waals surface area contributed by atoms with Gasteiger partial charge in [0.1, 0.15) is 0 Å². The van der Waals surface area contributed by atoms with Crippen LogP contribution < -0.4 is 0 Å². The minimum Gasteiger partial charge on any atom is -0.481 e. The average molecular weight is 170 g/mol. The molecule has 1 atom stereocenters. The van der Waals surface area contributed by atoms with Crippen molar-refractivity contribution in [2.24, 2.45) is 0 Å². The van der Waals surface area contributed by atoms with Crippen LogP contribution >= 0.6 is 0 Å². The molecule has 0 fully saturated rings. The van der Waals surface area contributed by atoms with Gasteiger partial charge in [0.15, 0.2) is 0 Å². The van der Waals surface area contributed by atoms with E-state index in [1.807, 2.05) is 0 Å². The van der Waals surface area contributed by atoms with Crippen molar-refractivity contribution in [1.29, 1.82) is 0 Å². The van der Waals surface area contributed by atoms with E-state index in [0.717, 1.165) is 0 Å². The van der Waals surface area contributed by atoms with Crippen molar-refractivity contribution in [2.45, 2.75) is 26.2 Å². The van der Waals surface area contributed by atoms with Crippen molar-refractivity contribution in [3.05, 3.63) is 11.8 Å². The smallest absolute Gasteiger partial charge is 0.304 e. The Labute approximate surface area is 69.4 Å². The lowest BCUT2D eigenvalue weighted by atomic mass is 10.1. The molecule has 5 nitrogen and oxygen atoms in total. The summed E-state index contributed by atoms with van der Waals surface area (Å²) < 4.78 is 5.06. The van der Waals surface area contributed by atoms with Gasteiger partial charge in [-0.3, -0.25) is 4.79 Å². The molecule has 0 aliphatic rings. The van der Waals surface area contributed by atoms with Crippen LogP contribution in [0.2, 0.25) is 0 Å². The van der Waals surface area contributed by atoms with Gasteiger partial charge in [-0.15, -0.1) is 10.2 Å². The fraction of sp³-hybridized carbons (Fsp3) is 0.571. The highest BCUT2D eigenvalue weighted by atomic mass is 16.4. The Morgan fingerprint density at radius 1 is 1.67 bits per heavy atom. The van der Waals surface area contributed by atoms with Crippen LogP contribution in [0.3, 0.4) is 0 Å². The highest BCUT2D eigenvalue weighted by Gasteiger charge is 2.15. The van der Waals surface area contributed by atoms with Gasteiger partial charge in [0.2, 0.25) is 11.8 Å². The van der Waals surface area contributed by atoms with Gasteiger partial charge in [0.25, 0.3) is 0 Å². The van der Waals surface area contributed by atoms with Crippen LogP contribution in [0.25, 0.3) is 0 Å². The van der Waals surface area contributed by atoms with Gasteiger partial charge < -0.3 is 9.52 Å². The molecule has 0 radical (unpaired) electrons. The van der Waals surface area contributed by atoms with Gasteiger partial charge in [0.05, 0.1) is 6.42 Å². The molecule has 1 unspecified atom stereocenters. The lowest BCUT2D eigenvalue weighted by molar-refractivity contribution is -0.137. The van der Waals surface area contributed by atoms with Gasteiger partial charge >= 0.3 is 5.97 Å². The normalized spacial score (nSPS) is 12.8. The minimum absolute atomic E-state index is 0.0155. The Kier molecular flexibility index (Phi) is 2.42. The Morgan fingerprint density at radius 3 is 2.75 bits per heavy atom. The van der Waals surface area contributed by atoms with Crippen LogP contribution in [0, 0.1) is 6.92 Å². The Bertz CT molecular complexity index is 282. The predicted molar refractivity (Wildman–Crippen MR) is 39.7 cm³/mol. The Morgan fingerprint density at radius 2 is 2.33 bits per heavy atom. The standard InChI is InChI=1S/C7H10N2O3/c1-4(3-6(10)11)7-9-8-5(2)12-7/h4H,3H2,1-2H3,(H,10,11). The van der Waals surface area contributed by atoms with Crippen LogP contribution in [0.15, 0.2) is 4.42 Å². The van der Waals surface area contributed by atoms with Gasteiger partial charge in [-0.05, 0) is 0 Å². The number of carbonyl (C=O) groups is 1. The summed E-state index contributed by atoms with van der Waals surface area (Å²) in [4.78, 5) is 10.3. The SMILES string of the molecule is Cc1nnc(C(C)CC(=O)O)o1. The molecule has 0 amide bonds. The second-order valence-corrected chi connectivity index (χ2v) is 2.66. The number of aliphatic carboxylic acids is 1. The minimum atomic E-state index is -0.863. The number of nitrogens with zero attached hydrogens (tertiary/aromatic N) is 2. The number of carboxylic acids is 1. The molecule has 1 rings (SSSR count). The van der Waals surface area contributed by atoms with Crippen molar-refractivity contribution in [1.82, 2.24) is 10.2 Å². The zero-order valence-corrected chi connectivity index (χ0v) is 6.94. The molecule has 12 heavy (non-hydrogen) atoms. The summed E-state index contributed by atoms with van der Waals surface area (Å²) in [6, 6.07) is 0. The third kappa shape index (κ3) is 2.05. The maximum Gasteiger partial charge on any atom is 0.304 e. The van der Waals surface area contributed by atoms with Crippen molar-refractivity contribution >= 4 is 5.97 Å². The molecule has 1 aromatic heterocycles. The molecule has 0 bridgehead atoms. The van der Waals surface area contributed by atoms with Crippen LogP contribution in [0.4, 0.5) is 0 Å². The first-order chi connectivity index (χ1) is 5.59. The fourth-order valence-corrected chi connectivity index (χ4v) is 0.860. The highest BCUT2D eigenvalue weighted by molar-refractivity contribution is 5.67. The second kappa shape index (κ2) is 3.34. The first kappa shape index (κ1) is 8.70. The first-order valence-electron chi connectivity index (χ1n) is 3.61. The van der Waals surface area contributed by atoms with E-state index < -0.39 is 5.97 Å². The molecule has 0 aliphatic heterocycles. The molecule has 0 aromatic carbocycles. The Balaban J connectivity index is 2.64. The van der Waals surface area contributed by atoms with Crippen molar-refractivity contribution in [3.63, 3.8) is 0 Å². The Hall–Kier alpha value is -1.39. The maximum absolute atomic E-state index is 10.3. The molecule has 1 aromatic rings. The molecule has 0 spiro atoms. The molecule has 66 valence electrons. The lowest BCUT2D eigenvalue weighted by Gasteiger charge is -2.00. The van der Waals surface area contributed by atoms with Crippen LogP contribution in [0.1, 0.15) is 31.0 Å². The van der Waals surface area contributed by atoms with Gasteiger partial charge in [-0.1, -0.05) is 6.92 Å². The largest absolute Gasteiger partial charge is 0.481 e. The number of hydrogen-bond acceptors (Lipinski definition) is 4. The third-order valence-corrected chi connectivity index (χ3v) is 1.44. The molecule has 0 saturated carbocycles. The van der Waals surface area contributed by atoms with Crippen LogP contribution in [-0.4, -0.2) is 21.3 Å². The molecule has 1 heterocycles. The van der Waals surface area contributed by atoms with E-state index in [1.54, 1.807) is 13.8 Å². The summed E-state index contributed by atoms with van der Waals surface area (Å²) in [6.45, 7) is 3.41. The van der Waals surface area contributed by atoms with Crippen LogP contribution in [0.5, 0.6) is 0 Å². The summed E-state index contributed by atoms with van der Waals surface area (Å²) >= 11 is 0. The van der Waals surface area contributed by atoms with E-state index in [2.05, 4.69) is 10.2 Å². The van der Waals surface area contributed by atoms with Crippen molar-refractivity contribution in [2.75, 3.05) is 0 Å².